The quantitative estimate of drug-likeness (QED) is 0.572. The molecule has 0 radical (unpaired) electrons. The fourth-order valence-electron chi connectivity index (χ4n) is 4.60. The van der Waals surface area contributed by atoms with Gasteiger partial charge in [0.25, 0.3) is 0 Å². The molecule has 3 heterocycles. The smallest absolute Gasteiger partial charge is 0.227 e. The number of aliphatic hydroxyl groups excluding tert-OH is 1. The van der Waals surface area contributed by atoms with E-state index in [2.05, 4.69) is 33.3 Å². The first kappa shape index (κ1) is 22.5. The average Bonchev–Trinajstić information content (AvgIpc) is 3.21. The Hall–Kier alpha value is -3.30. The van der Waals surface area contributed by atoms with Crippen LogP contribution >= 0.6 is 0 Å². The number of aryl methyl sites for hydroxylation is 1. The van der Waals surface area contributed by atoms with Crippen LogP contribution in [0.5, 0.6) is 5.75 Å². The molecule has 2 N–H and O–H groups in total. The summed E-state index contributed by atoms with van der Waals surface area (Å²) in [6.45, 7) is 4.52. The second-order valence-corrected chi connectivity index (χ2v) is 8.93. The molecule has 0 bridgehead atoms. The van der Waals surface area contributed by atoms with Crippen LogP contribution in [0.15, 0.2) is 36.7 Å². The molecule has 0 amide bonds. The highest BCUT2D eigenvalue weighted by Crippen LogP contribution is 2.39. The lowest BCUT2D eigenvalue weighted by atomic mass is 9.85. The molecule has 0 saturated carbocycles. The number of rotatable bonds is 6. The molecular weight excluding hydrogens is 437 g/mol. The number of methoxy groups -OCH3 is 1. The Kier molecular flexibility index (Phi) is 6.05. The number of benzene rings is 1. The number of hydrogen-bond acceptors (Lipinski definition) is 8. The third kappa shape index (κ3) is 4.17. The van der Waals surface area contributed by atoms with Gasteiger partial charge in [0.05, 0.1) is 44.0 Å². The second kappa shape index (κ2) is 9.15. The number of fused-ring (bicyclic) bond motifs is 1. The Bertz CT molecular complexity index is 1200. The number of morpholine rings is 1. The fraction of sp³-hybridized carbons (Fsp3) is 0.400. The number of aliphatic hydroxyl groups is 1. The van der Waals surface area contributed by atoms with E-state index in [1.807, 2.05) is 4.90 Å². The van der Waals surface area contributed by atoms with Crippen molar-refractivity contribution in [1.29, 1.82) is 0 Å². The molecule has 2 aromatic heterocycles. The number of aromatic nitrogens is 3. The molecule has 34 heavy (non-hydrogen) atoms. The number of ether oxygens (including phenoxy) is 2. The Morgan fingerprint density at radius 1 is 1.24 bits per heavy atom. The maximum Gasteiger partial charge on any atom is 0.227 e. The van der Waals surface area contributed by atoms with Gasteiger partial charge < -0.3 is 24.8 Å². The van der Waals surface area contributed by atoms with E-state index < -0.39 is 0 Å². The van der Waals surface area contributed by atoms with Gasteiger partial charge in [0.2, 0.25) is 5.95 Å². The molecule has 1 atom stereocenters. The molecule has 1 aliphatic carbocycles. The van der Waals surface area contributed by atoms with Crippen LogP contribution in [0.4, 0.5) is 21.7 Å². The molecule has 178 valence electrons. The molecule has 8 nitrogen and oxygen atoms in total. The number of hydrogen-bond donors (Lipinski definition) is 2. The van der Waals surface area contributed by atoms with E-state index in [4.69, 9.17) is 9.47 Å². The summed E-state index contributed by atoms with van der Waals surface area (Å²) in [6, 6.07) is 6.95. The van der Waals surface area contributed by atoms with Gasteiger partial charge in [-0.15, -0.1) is 0 Å². The van der Waals surface area contributed by atoms with Crippen LogP contribution in [0, 0.1) is 5.82 Å². The summed E-state index contributed by atoms with van der Waals surface area (Å²) in [6.07, 6.45) is 5.17. The SMILES string of the molecule is COc1cc(N2CCOCC2)c(F)cc1Nc1nccc(-c2cnc3c(c2)C(C)(CO)CC3)n1. The largest absolute Gasteiger partial charge is 0.494 e. The Morgan fingerprint density at radius 2 is 2.06 bits per heavy atom. The number of nitrogens with zero attached hydrogens (tertiary/aromatic N) is 4. The minimum Gasteiger partial charge on any atom is -0.494 e. The van der Waals surface area contributed by atoms with Gasteiger partial charge in [0, 0.05) is 54.3 Å². The van der Waals surface area contributed by atoms with Crippen LogP contribution in [-0.2, 0) is 16.6 Å². The van der Waals surface area contributed by atoms with Crippen molar-refractivity contribution in [2.24, 2.45) is 0 Å². The first-order valence-electron chi connectivity index (χ1n) is 11.4. The Balaban J connectivity index is 1.43. The van der Waals surface area contributed by atoms with E-state index in [0.29, 0.717) is 55.1 Å². The van der Waals surface area contributed by atoms with Gasteiger partial charge in [0.15, 0.2) is 0 Å². The minimum absolute atomic E-state index is 0.0769. The zero-order chi connectivity index (χ0) is 23.7. The highest BCUT2D eigenvalue weighted by atomic mass is 19.1. The van der Waals surface area contributed by atoms with E-state index in [9.17, 15) is 9.50 Å². The third-order valence-corrected chi connectivity index (χ3v) is 6.70. The van der Waals surface area contributed by atoms with Crippen molar-refractivity contribution < 1.29 is 19.0 Å². The van der Waals surface area contributed by atoms with E-state index in [-0.39, 0.29) is 17.8 Å². The molecule has 5 rings (SSSR count). The van der Waals surface area contributed by atoms with Gasteiger partial charge in [-0.2, -0.15) is 0 Å². The van der Waals surface area contributed by atoms with E-state index >= 15 is 0 Å². The minimum atomic E-state index is -0.354. The van der Waals surface area contributed by atoms with Crippen molar-refractivity contribution in [2.45, 2.75) is 25.2 Å². The van der Waals surface area contributed by atoms with E-state index in [1.165, 1.54) is 6.07 Å². The van der Waals surface area contributed by atoms with Gasteiger partial charge >= 0.3 is 0 Å². The van der Waals surface area contributed by atoms with Gasteiger partial charge in [-0.1, -0.05) is 6.92 Å². The molecule has 1 aliphatic heterocycles. The first-order chi connectivity index (χ1) is 16.5. The van der Waals surface area contributed by atoms with Gasteiger partial charge in [-0.3, -0.25) is 4.98 Å². The number of anilines is 3. The summed E-state index contributed by atoms with van der Waals surface area (Å²) in [5.41, 5.74) is 4.23. The summed E-state index contributed by atoms with van der Waals surface area (Å²) in [7, 11) is 1.55. The van der Waals surface area contributed by atoms with Crippen LogP contribution < -0.4 is 15.0 Å². The summed E-state index contributed by atoms with van der Waals surface area (Å²) >= 11 is 0. The van der Waals surface area contributed by atoms with Crippen molar-refractivity contribution in [2.75, 3.05) is 50.2 Å². The summed E-state index contributed by atoms with van der Waals surface area (Å²) in [4.78, 5) is 15.5. The van der Waals surface area contributed by atoms with Crippen LogP contribution in [0.25, 0.3) is 11.3 Å². The maximum absolute atomic E-state index is 15.0. The zero-order valence-electron chi connectivity index (χ0n) is 19.3. The lowest BCUT2D eigenvalue weighted by molar-refractivity contribution is 0.122. The van der Waals surface area contributed by atoms with Crippen molar-refractivity contribution in [1.82, 2.24) is 15.0 Å². The third-order valence-electron chi connectivity index (χ3n) is 6.70. The van der Waals surface area contributed by atoms with Crippen molar-refractivity contribution in [3.8, 4) is 17.0 Å². The van der Waals surface area contributed by atoms with Crippen molar-refractivity contribution in [3.05, 3.63) is 53.7 Å². The monoisotopic (exact) mass is 465 g/mol. The van der Waals surface area contributed by atoms with Gasteiger partial charge in [-0.05, 0) is 30.5 Å². The van der Waals surface area contributed by atoms with Gasteiger partial charge in [0.1, 0.15) is 11.6 Å². The van der Waals surface area contributed by atoms with Gasteiger partial charge in [-0.25, -0.2) is 14.4 Å². The lowest BCUT2D eigenvalue weighted by Crippen LogP contribution is -2.36. The standard InChI is InChI=1S/C25H28FN5O3/c1-25(15-32)5-3-20-17(25)11-16(14-28-20)19-4-6-27-24(29-19)30-21-12-18(26)22(13-23(21)33-2)31-7-9-34-10-8-31/h4,6,11-14,32H,3,5,7-10,15H2,1-2H3,(H,27,29,30). The van der Waals surface area contributed by atoms with Crippen LogP contribution in [0.1, 0.15) is 24.6 Å². The molecule has 2 aliphatic rings. The van der Waals surface area contributed by atoms with Crippen LogP contribution in [0.3, 0.4) is 0 Å². The number of nitrogens with one attached hydrogen (secondary N) is 1. The zero-order valence-corrected chi connectivity index (χ0v) is 19.3. The first-order valence-corrected chi connectivity index (χ1v) is 11.4. The van der Waals surface area contributed by atoms with Crippen LogP contribution in [-0.4, -0.2) is 60.1 Å². The number of halogens is 1. The van der Waals surface area contributed by atoms with E-state index in [0.717, 1.165) is 29.7 Å². The summed E-state index contributed by atoms with van der Waals surface area (Å²) < 4.78 is 25.9. The molecular formula is C25H28FN5O3. The summed E-state index contributed by atoms with van der Waals surface area (Å²) in [5, 5.41) is 13.0. The molecule has 0 spiro atoms. The van der Waals surface area contributed by atoms with Crippen LogP contribution in [0.2, 0.25) is 0 Å². The summed E-state index contributed by atoms with van der Waals surface area (Å²) in [5.74, 6) is 0.460. The number of pyridine rings is 1. The predicted molar refractivity (Wildman–Crippen MR) is 127 cm³/mol. The topological polar surface area (TPSA) is 92.6 Å². The predicted octanol–water partition coefficient (Wildman–Crippen LogP) is 3.46. The second-order valence-electron chi connectivity index (χ2n) is 8.93. The average molecular weight is 466 g/mol. The fourth-order valence-corrected chi connectivity index (χ4v) is 4.60. The normalized spacial score (nSPS) is 19.7. The van der Waals surface area contributed by atoms with E-state index in [1.54, 1.807) is 31.6 Å². The molecule has 1 fully saturated rings. The molecule has 1 saturated heterocycles. The van der Waals surface area contributed by atoms with Crippen molar-refractivity contribution >= 4 is 17.3 Å². The Labute approximate surface area is 197 Å². The highest BCUT2D eigenvalue weighted by Gasteiger charge is 2.35. The molecule has 3 aromatic rings. The molecule has 1 aromatic carbocycles. The molecule has 1 unspecified atom stereocenters. The lowest BCUT2D eigenvalue weighted by Gasteiger charge is -2.29. The highest BCUT2D eigenvalue weighted by molar-refractivity contribution is 5.70. The maximum atomic E-state index is 15.0. The van der Waals surface area contributed by atoms with Crippen molar-refractivity contribution in [3.63, 3.8) is 0 Å². The molecule has 9 heteroatoms. The Morgan fingerprint density at radius 3 is 2.82 bits per heavy atom.